The lowest BCUT2D eigenvalue weighted by molar-refractivity contribution is 0.603. The summed E-state index contributed by atoms with van der Waals surface area (Å²) in [7, 11) is -2.94. The van der Waals surface area contributed by atoms with E-state index in [1.807, 2.05) is 0 Å². The van der Waals surface area contributed by atoms with Crippen LogP contribution in [0.2, 0.25) is 0 Å². The van der Waals surface area contributed by atoms with Crippen LogP contribution >= 0.6 is 11.8 Å². The molecule has 0 aliphatic rings. The first kappa shape index (κ1) is 14.5. The minimum atomic E-state index is -2.94. The molecule has 0 saturated heterocycles. The normalized spacial score (nSPS) is 11.7. The lowest BCUT2D eigenvalue weighted by Crippen LogP contribution is -2.05. The molecule has 0 spiro atoms. The molecule has 0 saturated carbocycles. The monoisotopic (exact) mass is 277 g/mol. The summed E-state index contributed by atoms with van der Waals surface area (Å²) in [6.45, 7) is 0.376. The molecule has 3 nitrogen and oxygen atoms in total. The first-order chi connectivity index (χ1) is 7.92. The van der Waals surface area contributed by atoms with E-state index in [1.54, 1.807) is 12.1 Å². The van der Waals surface area contributed by atoms with E-state index >= 15 is 0 Å². The molecule has 2 N–H and O–H groups in total. The van der Waals surface area contributed by atoms with Gasteiger partial charge in [-0.1, -0.05) is 12.1 Å². The molecule has 0 aliphatic heterocycles. The average molecular weight is 277 g/mol. The predicted molar refractivity (Wildman–Crippen MR) is 70.2 cm³/mol. The van der Waals surface area contributed by atoms with Crippen LogP contribution in [0.1, 0.15) is 11.1 Å². The molecule has 0 atom stereocenters. The number of sulfone groups is 1. The molecular weight excluding hydrogens is 261 g/mol. The van der Waals surface area contributed by atoms with Crippen molar-refractivity contribution in [1.82, 2.24) is 0 Å². The molecule has 17 heavy (non-hydrogen) atoms. The van der Waals surface area contributed by atoms with Crippen molar-refractivity contribution in [2.75, 3.05) is 17.8 Å². The van der Waals surface area contributed by atoms with Crippen LogP contribution in [0.15, 0.2) is 18.2 Å². The van der Waals surface area contributed by atoms with Gasteiger partial charge < -0.3 is 5.73 Å². The number of nitrogens with two attached hydrogens (primary N) is 1. The Bertz CT molecular complexity index is 474. The van der Waals surface area contributed by atoms with E-state index in [2.05, 4.69) is 0 Å². The van der Waals surface area contributed by atoms with Crippen LogP contribution < -0.4 is 5.73 Å². The summed E-state index contributed by atoms with van der Waals surface area (Å²) in [5.41, 5.74) is 6.93. The van der Waals surface area contributed by atoms with Crippen molar-refractivity contribution >= 4 is 21.6 Å². The highest BCUT2D eigenvalue weighted by molar-refractivity contribution is 7.99. The van der Waals surface area contributed by atoms with Crippen molar-refractivity contribution < 1.29 is 12.8 Å². The van der Waals surface area contributed by atoms with Crippen molar-refractivity contribution in [3.63, 3.8) is 0 Å². The molecule has 1 aromatic carbocycles. The highest BCUT2D eigenvalue weighted by Crippen LogP contribution is 2.17. The Morgan fingerprint density at radius 3 is 2.71 bits per heavy atom. The van der Waals surface area contributed by atoms with Gasteiger partial charge in [-0.3, -0.25) is 0 Å². The molecule has 0 unspecified atom stereocenters. The number of hydrogen-bond acceptors (Lipinski definition) is 4. The lowest BCUT2D eigenvalue weighted by atomic mass is 10.1. The molecular formula is C11H16FNO2S2. The molecule has 6 heteroatoms. The van der Waals surface area contributed by atoms with Crippen molar-refractivity contribution in [3.05, 3.63) is 35.1 Å². The molecule has 0 bridgehead atoms. The lowest BCUT2D eigenvalue weighted by Gasteiger charge is -2.05. The third kappa shape index (κ3) is 5.52. The van der Waals surface area contributed by atoms with Crippen LogP contribution in [0.5, 0.6) is 0 Å². The molecule has 0 aliphatic carbocycles. The van der Waals surface area contributed by atoms with Gasteiger partial charge in [0.05, 0.1) is 5.75 Å². The number of benzene rings is 1. The summed E-state index contributed by atoms with van der Waals surface area (Å²) in [5, 5.41) is 0. The van der Waals surface area contributed by atoms with E-state index in [0.717, 1.165) is 5.56 Å². The Labute approximate surface area is 106 Å². The van der Waals surface area contributed by atoms with Crippen molar-refractivity contribution in [3.8, 4) is 0 Å². The van der Waals surface area contributed by atoms with Crippen molar-refractivity contribution in [2.24, 2.45) is 5.73 Å². The highest BCUT2D eigenvalue weighted by atomic mass is 32.2. The Hall–Kier alpha value is -0.590. The molecule has 1 rings (SSSR count). The van der Waals surface area contributed by atoms with Gasteiger partial charge in [0, 0.05) is 24.3 Å². The van der Waals surface area contributed by atoms with Gasteiger partial charge in [0.25, 0.3) is 0 Å². The van der Waals surface area contributed by atoms with Crippen LogP contribution in [-0.4, -0.2) is 26.2 Å². The molecule has 96 valence electrons. The van der Waals surface area contributed by atoms with Gasteiger partial charge in [-0.25, -0.2) is 12.8 Å². The maximum atomic E-state index is 13.4. The maximum Gasteiger partial charge on any atom is 0.148 e. The molecule has 0 aromatic heterocycles. The van der Waals surface area contributed by atoms with Crippen LogP contribution in [0.3, 0.4) is 0 Å². The number of halogens is 1. The van der Waals surface area contributed by atoms with E-state index < -0.39 is 9.84 Å². The topological polar surface area (TPSA) is 60.2 Å². The van der Waals surface area contributed by atoms with Gasteiger partial charge >= 0.3 is 0 Å². The van der Waals surface area contributed by atoms with E-state index in [1.165, 1.54) is 24.1 Å². The van der Waals surface area contributed by atoms with Gasteiger partial charge in [0.15, 0.2) is 0 Å². The SMILES string of the molecule is CS(=O)(=O)CCSCc1cc(CN)ccc1F. The van der Waals surface area contributed by atoms with E-state index in [9.17, 15) is 12.8 Å². The summed E-state index contributed by atoms with van der Waals surface area (Å²) >= 11 is 1.41. The van der Waals surface area contributed by atoms with E-state index in [0.29, 0.717) is 23.6 Å². The molecule has 0 heterocycles. The fourth-order valence-electron chi connectivity index (χ4n) is 1.26. The fraction of sp³-hybridized carbons (Fsp3) is 0.455. The van der Waals surface area contributed by atoms with Gasteiger partial charge in [-0.05, 0) is 17.2 Å². The third-order valence-electron chi connectivity index (χ3n) is 2.20. The van der Waals surface area contributed by atoms with Crippen LogP contribution in [0, 0.1) is 5.82 Å². The second kappa shape index (κ2) is 6.37. The Morgan fingerprint density at radius 2 is 2.12 bits per heavy atom. The Balaban J connectivity index is 2.51. The first-order valence-corrected chi connectivity index (χ1v) is 8.37. The van der Waals surface area contributed by atoms with Gasteiger partial charge in [-0.15, -0.1) is 0 Å². The van der Waals surface area contributed by atoms with Gasteiger partial charge in [0.1, 0.15) is 15.7 Å². The zero-order valence-corrected chi connectivity index (χ0v) is 11.3. The second-order valence-corrected chi connectivity index (χ2v) is 7.18. The predicted octanol–water partition coefficient (Wildman–Crippen LogP) is 1.56. The average Bonchev–Trinajstić information content (AvgIpc) is 2.25. The molecule has 1 aromatic rings. The number of thioether (sulfide) groups is 1. The maximum absolute atomic E-state index is 13.4. The van der Waals surface area contributed by atoms with Crippen molar-refractivity contribution in [1.29, 1.82) is 0 Å². The first-order valence-electron chi connectivity index (χ1n) is 5.15. The Morgan fingerprint density at radius 1 is 1.41 bits per heavy atom. The van der Waals surface area contributed by atoms with Crippen LogP contribution in [-0.2, 0) is 22.1 Å². The van der Waals surface area contributed by atoms with E-state index in [-0.39, 0.29) is 11.6 Å². The largest absolute Gasteiger partial charge is 0.326 e. The second-order valence-electron chi connectivity index (χ2n) is 3.81. The smallest absolute Gasteiger partial charge is 0.148 e. The summed E-state index contributed by atoms with van der Waals surface area (Å²) in [5.74, 6) is 0.796. The quantitative estimate of drug-likeness (QED) is 0.802. The minimum Gasteiger partial charge on any atom is -0.326 e. The van der Waals surface area contributed by atoms with Gasteiger partial charge in [0.2, 0.25) is 0 Å². The highest BCUT2D eigenvalue weighted by Gasteiger charge is 2.05. The van der Waals surface area contributed by atoms with E-state index in [4.69, 9.17) is 5.73 Å². The van der Waals surface area contributed by atoms with Crippen LogP contribution in [0.4, 0.5) is 4.39 Å². The fourth-order valence-corrected chi connectivity index (χ4v) is 3.53. The zero-order valence-electron chi connectivity index (χ0n) is 9.65. The molecule has 0 fully saturated rings. The summed E-state index contributed by atoms with van der Waals surface area (Å²) in [4.78, 5) is 0. The number of rotatable bonds is 6. The Kier molecular flexibility index (Phi) is 5.42. The molecule has 0 amide bonds. The van der Waals surface area contributed by atoms with Gasteiger partial charge in [-0.2, -0.15) is 11.8 Å². The summed E-state index contributed by atoms with van der Waals surface area (Å²) in [6.07, 6.45) is 1.20. The number of hydrogen-bond donors (Lipinski definition) is 1. The summed E-state index contributed by atoms with van der Waals surface area (Å²) in [6, 6.07) is 4.78. The minimum absolute atomic E-state index is 0.121. The van der Waals surface area contributed by atoms with Crippen molar-refractivity contribution in [2.45, 2.75) is 12.3 Å². The summed E-state index contributed by atoms with van der Waals surface area (Å²) < 4.78 is 35.2. The zero-order chi connectivity index (χ0) is 12.9. The van der Waals surface area contributed by atoms with Crippen LogP contribution in [0.25, 0.3) is 0 Å². The third-order valence-corrected chi connectivity index (χ3v) is 4.41. The standard InChI is InChI=1S/C11H16FNO2S2/c1-17(14,15)5-4-16-8-10-6-9(7-13)2-3-11(10)12/h2-3,6H,4-5,7-8,13H2,1H3. The molecule has 0 radical (unpaired) electrons.